The highest BCUT2D eigenvalue weighted by Gasteiger charge is 2.04. The smallest absolute Gasteiger partial charge is 0.224 e. The fourth-order valence-electron chi connectivity index (χ4n) is 2.78. The first-order chi connectivity index (χ1) is 12.1. The van der Waals surface area contributed by atoms with Crippen molar-refractivity contribution >= 4 is 5.91 Å². The van der Waals surface area contributed by atoms with Crippen LogP contribution in [0.25, 0.3) is 0 Å². The van der Waals surface area contributed by atoms with Crippen molar-refractivity contribution < 1.29 is 4.79 Å². The molecule has 1 N–H and O–H groups in total. The van der Waals surface area contributed by atoms with E-state index in [1.165, 1.54) is 24.0 Å². The quantitative estimate of drug-likeness (QED) is 0.751. The summed E-state index contributed by atoms with van der Waals surface area (Å²) in [5.74, 6) is 0.0682. The maximum atomic E-state index is 12.1. The molecule has 0 saturated heterocycles. The number of aryl methyl sites for hydroxylation is 1. The monoisotopic (exact) mass is 338 g/mol. The summed E-state index contributed by atoms with van der Waals surface area (Å²) in [5, 5.41) is 3.01. The Balaban J connectivity index is 1.78. The van der Waals surface area contributed by atoms with Gasteiger partial charge in [-0.05, 0) is 49.2 Å². The lowest BCUT2D eigenvalue weighted by Gasteiger charge is -2.10. The van der Waals surface area contributed by atoms with Gasteiger partial charge in [0.1, 0.15) is 0 Å². The van der Waals surface area contributed by atoms with E-state index in [-0.39, 0.29) is 5.91 Å². The summed E-state index contributed by atoms with van der Waals surface area (Å²) < 4.78 is 0. The fraction of sp³-hybridized carbons (Fsp3) is 0.409. The van der Waals surface area contributed by atoms with Gasteiger partial charge in [0, 0.05) is 13.1 Å². The number of hydrogen-bond donors (Lipinski definition) is 1. The number of carbonyl (C=O) groups excluding carboxylic acids is 1. The summed E-state index contributed by atoms with van der Waals surface area (Å²) >= 11 is 0. The highest BCUT2D eigenvalue weighted by molar-refractivity contribution is 5.78. The Kier molecular flexibility index (Phi) is 7.68. The van der Waals surface area contributed by atoms with Gasteiger partial charge in [-0.15, -0.1) is 0 Å². The number of benzene rings is 2. The minimum atomic E-state index is 0.0682. The number of amides is 1. The van der Waals surface area contributed by atoms with Gasteiger partial charge in [0.25, 0.3) is 0 Å². The normalized spacial score (nSPS) is 10.9. The van der Waals surface area contributed by atoms with Crippen LogP contribution in [0.2, 0.25) is 0 Å². The molecule has 0 radical (unpaired) electrons. The Hall–Kier alpha value is -2.13. The van der Waals surface area contributed by atoms with E-state index in [0.717, 1.165) is 24.1 Å². The van der Waals surface area contributed by atoms with E-state index in [9.17, 15) is 4.79 Å². The Labute approximate surface area is 152 Å². The van der Waals surface area contributed by atoms with E-state index < -0.39 is 0 Å². The first-order valence-electron chi connectivity index (χ1n) is 9.14. The zero-order valence-corrected chi connectivity index (χ0v) is 15.7. The molecule has 0 fully saturated rings. The van der Waals surface area contributed by atoms with Gasteiger partial charge in [0.15, 0.2) is 0 Å². The topological polar surface area (TPSA) is 32.3 Å². The molecule has 2 aromatic carbocycles. The second-order valence-corrected chi connectivity index (χ2v) is 6.93. The number of unbranched alkanes of at least 4 members (excludes halogenated alkanes) is 1. The van der Waals surface area contributed by atoms with Crippen LogP contribution in [-0.4, -0.2) is 24.9 Å². The van der Waals surface area contributed by atoms with Crippen LogP contribution in [0.1, 0.15) is 42.0 Å². The zero-order chi connectivity index (χ0) is 18.1. The molecule has 1 amide bonds. The minimum absolute atomic E-state index is 0.0682. The lowest BCUT2D eigenvalue weighted by Crippen LogP contribution is -2.24. The van der Waals surface area contributed by atoms with E-state index in [2.05, 4.69) is 79.8 Å². The van der Waals surface area contributed by atoms with E-state index in [4.69, 9.17) is 0 Å². The molecule has 0 aromatic heterocycles. The summed E-state index contributed by atoms with van der Waals surface area (Å²) in [6.45, 7) is 3.71. The van der Waals surface area contributed by atoms with Crippen LogP contribution in [0.3, 0.4) is 0 Å². The van der Waals surface area contributed by atoms with Gasteiger partial charge < -0.3 is 10.2 Å². The summed E-state index contributed by atoms with van der Waals surface area (Å²) in [6.07, 6.45) is 3.98. The lowest BCUT2D eigenvalue weighted by atomic mass is 10.0. The molecular weight excluding hydrogens is 308 g/mol. The van der Waals surface area contributed by atoms with Gasteiger partial charge >= 0.3 is 0 Å². The van der Waals surface area contributed by atoms with Crippen LogP contribution in [0.15, 0.2) is 48.5 Å². The van der Waals surface area contributed by atoms with E-state index in [0.29, 0.717) is 13.0 Å². The van der Waals surface area contributed by atoms with Gasteiger partial charge in [-0.2, -0.15) is 0 Å². The van der Waals surface area contributed by atoms with Crippen molar-refractivity contribution in [3.05, 3.63) is 70.8 Å². The average Bonchev–Trinajstić information content (AvgIpc) is 2.60. The van der Waals surface area contributed by atoms with E-state index in [1.807, 2.05) is 0 Å². The fourth-order valence-corrected chi connectivity index (χ4v) is 2.78. The Morgan fingerprint density at radius 3 is 2.04 bits per heavy atom. The maximum absolute atomic E-state index is 12.1. The molecule has 0 saturated carbocycles. The molecule has 0 heterocycles. The predicted molar refractivity (Wildman–Crippen MR) is 104 cm³/mol. The Bertz CT molecular complexity index is 645. The van der Waals surface area contributed by atoms with Crippen molar-refractivity contribution in [3.8, 4) is 0 Å². The van der Waals surface area contributed by atoms with Crippen molar-refractivity contribution in [2.75, 3.05) is 14.1 Å². The Morgan fingerprint density at radius 1 is 0.880 bits per heavy atom. The van der Waals surface area contributed by atoms with Crippen molar-refractivity contribution in [3.63, 3.8) is 0 Å². The number of carbonyl (C=O) groups is 1. The van der Waals surface area contributed by atoms with Crippen molar-refractivity contribution in [1.29, 1.82) is 0 Å². The summed E-state index contributed by atoms with van der Waals surface area (Å²) in [4.78, 5) is 14.3. The third-order valence-electron chi connectivity index (χ3n) is 4.22. The third kappa shape index (κ3) is 7.10. The highest BCUT2D eigenvalue weighted by atomic mass is 16.1. The third-order valence-corrected chi connectivity index (χ3v) is 4.22. The molecular formula is C22H30N2O. The lowest BCUT2D eigenvalue weighted by molar-refractivity contribution is -0.120. The first-order valence-corrected chi connectivity index (χ1v) is 9.14. The minimum Gasteiger partial charge on any atom is -0.352 e. The predicted octanol–water partition coefficient (Wildman–Crippen LogP) is 3.95. The second-order valence-electron chi connectivity index (χ2n) is 6.93. The standard InChI is InChI=1S/C22H30N2O/c1-4-5-6-18-7-9-19(10-8-18)15-22(25)23-16-20-11-13-21(14-12-20)17-24(2)3/h7-14H,4-6,15-17H2,1-3H3,(H,23,25). The molecule has 0 atom stereocenters. The van der Waals surface area contributed by atoms with Crippen molar-refractivity contribution in [2.24, 2.45) is 0 Å². The molecule has 0 bridgehead atoms. The average molecular weight is 338 g/mol. The number of hydrogen-bond acceptors (Lipinski definition) is 2. The van der Waals surface area contributed by atoms with E-state index in [1.54, 1.807) is 0 Å². The van der Waals surface area contributed by atoms with Gasteiger partial charge in [-0.25, -0.2) is 0 Å². The summed E-state index contributed by atoms with van der Waals surface area (Å²) in [7, 11) is 4.12. The molecule has 2 aromatic rings. The largest absolute Gasteiger partial charge is 0.352 e. The highest BCUT2D eigenvalue weighted by Crippen LogP contribution is 2.09. The Morgan fingerprint density at radius 2 is 1.44 bits per heavy atom. The van der Waals surface area contributed by atoms with E-state index >= 15 is 0 Å². The number of nitrogens with zero attached hydrogens (tertiary/aromatic N) is 1. The molecule has 3 heteroatoms. The number of rotatable bonds is 9. The van der Waals surface area contributed by atoms with Gasteiger partial charge in [-0.3, -0.25) is 4.79 Å². The molecule has 134 valence electrons. The molecule has 0 aliphatic heterocycles. The van der Waals surface area contributed by atoms with Crippen LogP contribution in [0.4, 0.5) is 0 Å². The maximum Gasteiger partial charge on any atom is 0.224 e. The molecule has 0 aliphatic carbocycles. The molecule has 0 unspecified atom stereocenters. The molecule has 0 spiro atoms. The van der Waals surface area contributed by atoms with Crippen LogP contribution in [-0.2, 0) is 30.7 Å². The first kappa shape index (κ1) is 19.2. The summed E-state index contributed by atoms with van der Waals surface area (Å²) in [6, 6.07) is 16.8. The van der Waals surface area contributed by atoms with Crippen molar-refractivity contribution in [2.45, 2.75) is 45.7 Å². The molecule has 3 nitrogen and oxygen atoms in total. The molecule has 25 heavy (non-hydrogen) atoms. The zero-order valence-electron chi connectivity index (χ0n) is 15.7. The van der Waals surface area contributed by atoms with Gasteiger partial charge in [0.2, 0.25) is 5.91 Å². The van der Waals surface area contributed by atoms with Crippen LogP contribution in [0.5, 0.6) is 0 Å². The molecule has 0 aliphatic rings. The van der Waals surface area contributed by atoms with Gasteiger partial charge in [0.05, 0.1) is 6.42 Å². The van der Waals surface area contributed by atoms with Gasteiger partial charge in [-0.1, -0.05) is 61.9 Å². The molecule has 2 rings (SSSR count). The second kappa shape index (κ2) is 10.00. The van der Waals surface area contributed by atoms with Crippen molar-refractivity contribution in [1.82, 2.24) is 10.2 Å². The SMILES string of the molecule is CCCCc1ccc(CC(=O)NCc2ccc(CN(C)C)cc2)cc1. The van der Waals surface area contributed by atoms with Crippen LogP contribution in [0, 0.1) is 0 Å². The number of nitrogens with one attached hydrogen (secondary N) is 1. The van der Waals surface area contributed by atoms with Crippen LogP contribution >= 0.6 is 0 Å². The summed E-state index contributed by atoms with van der Waals surface area (Å²) in [5.41, 5.74) is 4.83. The van der Waals surface area contributed by atoms with Crippen LogP contribution < -0.4 is 5.32 Å².